The van der Waals surface area contributed by atoms with Gasteiger partial charge in [-0.15, -0.1) is 0 Å². The number of allylic oxidation sites excluding steroid dienone is 1. The third-order valence-corrected chi connectivity index (χ3v) is 8.57. The van der Waals surface area contributed by atoms with Crippen LogP contribution < -0.4 is 11.1 Å². The molecule has 3 saturated carbocycles. The van der Waals surface area contributed by atoms with Gasteiger partial charge in [0.1, 0.15) is 5.82 Å². The second-order valence-electron chi connectivity index (χ2n) is 11.0. The van der Waals surface area contributed by atoms with E-state index in [0.717, 1.165) is 43.8 Å². The highest BCUT2D eigenvalue weighted by Crippen LogP contribution is 2.43. The second-order valence-corrected chi connectivity index (χ2v) is 11.0. The van der Waals surface area contributed by atoms with E-state index >= 15 is 0 Å². The Hall–Kier alpha value is -1.54. The van der Waals surface area contributed by atoms with Crippen molar-refractivity contribution in [1.82, 2.24) is 10.2 Å². The van der Waals surface area contributed by atoms with Crippen molar-refractivity contribution < 1.29 is 4.79 Å². The van der Waals surface area contributed by atoms with E-state index in [2.05, 4.69) is 37.1 Å². The second kappa shape index (κ2) is 10.4. The fraction of sp³-hybridized carbons (Fsp3) is 0.846. The molecule has 174 valence electrons. The number of hydrogen-bond donors (Lipinski definition) is 2. The molecule has 0 aliphatic heterocycles. The number of carbonyl (C=O) groups is 1. The summed E-state index contributed by atoms with van der Waals surface area (Å²) in [6.45, 7) is 8.89. The van der Waals surface area contributed by atoms with Crippen molar-refractivity contribution in [2.24, 2.45) is 29.4 Å². The Morgan fingerprint density at radius 1 is 1.26 bits per heavy atom. The summed E-state index contributed by atoms with van der Waals surface area (Å²) in [5.41, 5.74) is 6.61. The van der Waals surface area contributed by atoms with Gasteiger partial charge in [-0.25, -0.2) is 0 Å². The number of nitrogens with two attached hydrogens (primary N) is 1. The number of carbonyl (C=O) groups excluding carboxylic acids is 1. The van der Waals surface area contributed by atoms with Crippen molar-refractivity contribution in [2.75, 3.05) is 0 Å². The summed E-state index contributed by atoms with van der Waals surface area (Å²) in [4.78, 5) is 15.5. The largest absolute Gasteiger partial charge is 0.348 e. The van der Waals surface area contributed by atoms with Crippen LogP contribution in [0.25, 0.3) is 0 Å². The standard InChI is InChI=1S/C26H44N4O/c1-5-24(29-25(31)15-19(3)21-10-7-18(2)8-11-21)30(26(4)13-6-14-26)23-16-20(17-27)9-12-22(23)28/h5,18-23H,6-16,28H2,1-4H3,(H,29,31)/b24-5-/t18?,19-,20?,21?,22?,23?/m1/s1. The molecule has 0 bridgehead atoms. The van der Waals surface area contributed by atoms with Gasteiger partial charge in [-0.2, -0.15) is 5.26 Å². The first-order valence-electron chi connectivity index (χ1n) is 12.7. The van der Waals surface area contributed by atoms with Gasteiger partial charge in [-0.05, 0) is 89.0 Å². The number of nitrogens with one attached hydrogen (secondary N) is 1. The maximum absolute atomic E-state index is 13.1. The summed E-state index contributed by atoms with van der Waals surface area (Å²) in [5, 5.41) is 12.8. The quantitative estimate of drug-likeness (QED) is 0.592. The molecule has 3 unspecified atom stereocenters. The van der Waals surface area contributed by atoms with Gasteiger partial charge < -0.3 is 16.0 Å². The molecule has 0 spiro atoms. The zero-order valence-corrected chi connectivity index (χ0v) is 20.2. The maximum Gasteiger partial charge on any atom is 0.225 e. The minimum atomic E-state index is 0.0138. The summed E-state index contributed by atoms with van der Waals surface area (Å²) in [7, 11) is 0. The molecule has 3 aliphatic carbocycles. The van der Waals surface area contributed by atoms with Gasteiger partial charge >= 0.3 is 0 Å². The SMILES string of the molecule is C/C=C(/NC(=O)C[C@@H](C)C1CCC(C)CC1)N(C1CC(C#N)CCC1N)C1(C)CCC1. The van der Waals surface area contributed by atoms with Gasteiger partial charge in [0.2, 0.25) is 5.91 Å². The fourth-order valence-electron chi connectivity index (χ4n) is 6.16. The molecule has 0 radical (unpaired) electrons. The summed E-state index contributed by atoms with van der Waals surface area (Å²) >= 11 is 0. The number of nitriles is 1. The lowest BCUT2D eigenvalue weighted by Crippen LogP contribution is -2.63. The van der Waals surface area contributed by atoms with Crippen molar-refractivity contribution in [2.45, 2.75) is 116 Å². The zero-order valence-electron chi connectivity index (χ0n) is 20.2. The van der Waals surface area contributed by atoms with Gasteiger partial charge in [0.05, 0.1) is 6.07 Å². The van der Waals surface area contributed by atoms with Crippen LogP contribution in [0.15, 0.2) is 11.9 Å². The molecule has 5 heteroatoms. The topological polar surface area (TPSA) is 82.2 Å². The van der Waals surface area contributed by atoms with E-state index in [1.54, 1.807) is 0 Å². The molecular formula is C26H44N4O. The van der Waals surface area contributed by atoms with Gasteiger partial charge in [0.25, 0.3) is 0 Å². The molecule has 1 amide bonds. The van der Waals surface area contributed by atoms with Gasteiger partial charge in [-0.1, -0.05) is 26.7 Å². The Labute approximate surface area is 189 Å². The normalized spacial score (nSPS) is 34.2. The number of nitrogens with zero attached hydrogens (tertiary/aromatic N) is 2. The monoisotopic (exact) mass is 428 g/mol. The Bertz CT molecular complexity index is 684. The molecule has 0 aromatic rings. The first kappa shape index (κ1) is 24.1. The summed E-state index contributed by atoms with van der Waals surface area (Å²) in [5.74, 6) is 2.99. The molecule has 0 aromatic heterocycles. The van der Waals surface area contributed by atoms with Gasteiger partial charge in [-0.3, -0.25) is 4.79 Å². The van der Waals surface area contributed by atoms with Crippen molar-refractivity contribution in [1.29, 1.82) is 5.26 Å². The van der Waals surface area contributed by atoms with E-state index < -0.39 is 0 Å². The van der Waals surface area contributed by atoms with E-state index in [-0.39, 0.29) is 29.4 Å². The molecular weight excluding hydrogens is 384 g/mol. The van der Waals surface area contributed by atoms with Crippen LogP contribution in [0.2, 0.25) is 0 Å². The van der Waals surface area contributed by atoms with Crippen LogP contribution in [0.4, 0.5) is 0 Å². The predicted molar refractivity (Wildman–Crippen MR) is 126 cm³/mol. The molecule has 3 aliphatic rings. The van der Waals surface area contributed by atoms with Crippen molar-refractivity contribution >= 4 is 5.91 Å². The van der Waals surface area contributed by atoms with E-state index in [4.69, 9.17) is 5.73 Å². The zero-order chi connectivity index (χ0) is 22.6. The van der Waals surface area contributed by atoms with Crippen LogP contribution in [0.5, 0.6) is 0 Å². The van der Waals surface area contributed by atoms with E-state index in [0.29, 0.717) is 18.3 Å². The lowest BCUT2D eigenvalue weighted by atomic mass is 9.73. The lowest BCUT2D eigenvalue weighted by molar-refractivity contribution is -0.122. The van der Waals surface area contributed by atoms with Crippen LogP contribution in [-0.4, -0.2) is 28.4 Å². The number of amides is 1. The number of hydrogen-bond acceptors (Lipinski definition) is 4. The molecule has 3 fully saturated rings. The fourth-order valence-corrected chi connectivity index (χ4v) is 6.16. The maximum atomic E-state index is 13.1. The van der Waals surface area contributed by atoms with Crippen LogP contribution in [0, 0.1) is 35.0 Å². The molecule has 5 nitrogen and oxygen atoms in total. The van der Waals surface area contributed by atoms with Crippen LogP contribution >= 0.6 is 0 Å². The Kier molecular flexibility index (Phi) is 8.08. The van der Waals surface area contributed by atoms with Crippen molar-refractivity contribution in [3.8, 4) is 6.07 Å². The summed E-state index contributed by atoms with van der Waals surface area (Å²) in [6.07, 6.45) is 13.7. The van der Waals surface area contributed by atoms with Crippen molar-refractivity contribution in [3.63, 3.8) is 0 Å². The molecule has 3 N–H and O–H groups in total. The van der Waals surface area contributed by atoms with E-state index in [1.165, 1.54) is 32.1 Å². The molecule has 31 heavy (non-hydrogen) atoms. The summed E-state index contributed by atoms with van der Waals surface area (Å²) < 4.78 is 0. The van der Waals surface area contributed by atoms with Crippen LogP contribution in [0.1, 0.15) is 98.3 Å². The van der Waals surface area contributed by atoms with E-state index in [9.17, 15) is 10.1 Å². The minimum absolute atomic E-state index is 0.0138. The highest BCUT2D eigenvalue weighted by atomic mass is 16.1. The Morgan fingerprint density at radius 2 is 1.94 bits per heavy atom. The van der Waals surface area contributed by atoms with Crippen LogP contribution in [0.3, 0.4) is 0 Å². The number of rotatable bonds is 7. The Balaban J connectivity index is 1.69. The Morgan fingerprint density at radius 3 is 2.48 bits per heavy atom. The highest BCUT2D eigenvalue weighted by Gasteiger charge is 2.46. The smallest absolute Gasteiger partial charge is 0.225 e. The first-order valence-corrected chi connectivity index (χ1v) is 12.7. The molecule has 4 atom stereocenters. The van der Waals surface area contributed by atoms with Crippen LogP contribution in [-0.2, 0) is 4.79 Å². The molecule has 0 saturated heterocycles. The molecule has 0 aromatic carbocycles. The minimum Gasteiger partial charge on any atom is -0.348 e. The summed E-state index contributed by atoms with van der Waals surface area (Å²) in [6, 6.07) is 2.61. The van der Waals surface area contributed by atoms with Gasteiger partial charge in [0, 0.05) is 30.0 Å². The van der Waals surface area contributed by atoms with Gasteiger partial charge in [0.15, 0.2) is 0 Å². The average Bonchev–Trinajstić information content (AvgIpc) is 2.73. The molecule has 0 heterocycles. The average molecular weight is 429 g/mol. The van der Waals surface area contributed by atoms with E-state index in [1.807, 2.05) is 13.0 Å². The highest BCUT2D eigenvalue weighted by molar-refractivity contribution is 5.78. The third kappa shape index (κ3) is 5.64. The van der Waals surface area contributed by atoms with Crippen molar-refractivity contribution in [3.05, 3.63) is 11.9 Å². The predicted octanol–water partition coefficient (Wildman–Crippen LogP) is 5.08. The lowest BCUT2D eigenvalue weighted by Gasteiger charge is -2.55. The molecule has 3 rings (SSSR count). The third-order valence-electron chi connectivity index (χ3n) is 8.57. The first-order chi connectivity index (χ1) is 14.8.